The number of carbonyl (C=O) groups is 1. The third-order valence-electron chi connectivity index (χ3n) is 6.61. The van der Waals surface area contributed by atoms with Crippen LogP contribution in [0, 0.1) is 5.92 Å². The van der Waals surface area contributed by atoms with Crippen LogP contribution in [0.5, 0.6) is 11.5 Å². The number of amides is 1. The van der Waals surface area contributed by atoms with E-state index in [1.54, 1.807) is 0 Å². The first-order valence-electron chi connectivity index (χ1n) is 10.7. The largest absolute Gasteiger partial charge is 0.454 e. The summed E-state index contributed by atoms with van der Waals surface area (Å²) >= 11 is 0. The molecule has 3 aliphatic rings. The summed E-state index contributed by atoms with van der Waals surface area (Å²) in [6.07, 6.45) is 6.86. The lowest BCUT2D eigenvalue weighted by atomic mass is 9.66. The van der Waals surface area contributed by atoms with Gasteiger partial charge in [0.2, 0.25) is 12.7 Å². The minimum Gasteiger partial charge on any atom is -0.454 e. The maximum absolute atomic E-state index is 12.5. The van der Waals surface area contributed by atoms with Crippen molar-refractivity contribution in [1.82, 2.24) is 10.2 Å². The fraction of sp³-hybridized carbons (Fsp3) is 0.682. The second kappa shape index (κ2) is 8.29. The van der Waals surface area contributed by atoms with E-state index in [9.17, 15) is 9.90 Å². The summed E-state index contributed by atoms with van der Waals surface area (Å²) in [5, 5.41) is 14.4. The van der Waals surface area contributed by atoms with Gasteiger partial charge in [0.05, 0.1) is 12.1 Å². The van der Waals surface area contributed by atoms with E-state index in [4.69, 9.17) is 9.47 Å². The second-order valence-electron chi connectivity index (χ2n) is 8.44. The van der Waals surface area contributed by atoms with Crippen LogP contribution in [0.15, 0.2) is 18.2 Å². The molecule has 28 heavy (non-hydrogen) atoms. The average molecular weight is 389 g/mol. The quantitative estimate of drug-likeness (QED) is 0.733. The molecule has 0 unspecified atom stereocenters. The van der Waals surface area contributed by atoms with Crippen molar-refractivity contribution in [2.24, 2.45) is 5.92 Å². The van der Waals surface area contributed by atoms with Crippen LogP contribution in [-0.4, -0.2) is 47.9 Å². The predicted octanol–water partition coefficient (Wildman–Crippen LogP) is 3.00. The van der Waals surface area contributed by atoms with Crippen LogP contribution < -0.4 is 14.8 Å². The minimum absolute atomic E-state index is 0.0190. The van der Waals surface area contributed by atoms with Gasteiger partial charge in [-0.15, -0.1) is 0 Å². The third kappa shape index (κ3) is 3.85. The number of carbonyl (C=O) groups excluding carboxylic acids is 1. The van der Waals surface area contributed by atoms with Crippen LogP contribution in [0.2, 0.25) is 0 Å². The van der Waals surface area contributed by atoms with E-state index in [0.717, 1.165) is 75.1 Å². The average Bonchev–Trinajstić information content (AvgIpc) is 3.16. The molecule has 2 N–H and O–H groups in total. The van der Waals surface area contributed by atoms with E-state index in [1.807, 2.05) is 12.1 Å². The molecule has 4 rings (SSSR count). The van der Waals surface area contributed by atoms with Gasteiger partial charge in [0, 0.05) is 25.0 Å². The Bertz CT molecular complexity index is 710. The molecule has 2 fully saturated rings. The molecule has 6 heteroatoms. The normalized spacial score (nSPS) is 29.4. The first-order chi connectivity index (χ1) is 13.6. The Morgan fingerprint density at radius 2 is 2.14 bits per heavy atom. The lowest BCUT2D eigenvalue weighted by molar-refractivity contribution is -0.137. The smallest absolute Gasteiger partial charge is 0.234 e. The molecule has 0 radical (unpaired) electrons. The third-order valence-corrected chi connectivity index (χ3v) is 6.61. The Kier molecular flexibility index (Phi) is 5.78. The molecule has 6 nitrogen and oxygen atoms in total. The van der Waals surface area contributed by atoms with Crippen LogP contribution in [0.1, 0.15) is 63.5 Å². The van der Waals surface area contributed by atoms with Gasteiger partial charge in [-0.25, -0.2) is 0 Å². The zero-order valence-corrected chi connectivity index (χ0v) is 16.8. The van der Waals surface area contributed by atoms with E-state index in [1.165, 1.54) is 0 Å². The van der Waals surface area contributed by atoms with Crippen LogP contribution >= 0.6 is 0 Å². The first-order valence-corrected chi connectivity index (χ1v) is 10.7. The molecule has 2 heterocycles. The van der Waals surface area contributed by atoms with Gasteiger partial charge in [0.15, 0.2) is 11.5 Å². The standard InChI is InChI=1S/C22H32N2O4/c1-2-3-11-23-20(25)14-24-12-10-22(26)9-5-4-6-17(22)21(24)16-7-8-18-19(13-16)28-15-27-18/h7-8,13,17,21,26H,2-6,9-12,14-15H2,1H3,(H,23,25)/t17-,21+,22+/m1/s1. The van der Waals surface area contributed by atoms with Crippen LogP contribution in [0.4, 0.5) is 0 Å². The molecule has 0 aromatic heterocycles. The number of nitrogens with zero attached hydrogens (tertiary/aromatic N) is 1. The summed E-state index contributed by atoms with van der Waals surface area (Å²) in [6.45, 7) is 4.20. The van der Waals surface area contributed by atoms with Gasteiger partial charge >= 0.3 is 0 Å². The summed E-state index contributed by atoms with van der Waals surface area (Å²) in [5.74, 6) is 1.73. The number of aliphatic hydroxyl groups is 1. The molecule has 2 aliphatic heterocycles. The first kappa shape index (κ1) is 19.5. The fourth-order valence-electron chi connectivity index (χ4n) is 5.10. The van der Waals surface area contributed by atoms with Gasteiger partial charge in [-0.3, -0.25) is 9.69 Å². The van der Waals surface area contributed by atoms with Crippen molar-refractivity contribution in [2.45, 2.75) is 63.5 Å². The van der Waals surface area contributed by atoms with Crippen molar-refractivity contribution in [2.75, 3.05) is 26.4 Å². The van der Waals surface area contributed by atoms with Gasteiger partial charge in [0.1, 0.15) is 0 Å². The second-order valence-corrected chi connectivity index (χ2v) is 8.44. The topological polar surface area (TPSA) is 71.0 Å². The highest BCUT2D eigenvalue weighted by Gasteiger charge is 2.49. The molecular weight excluding hydrogens is 356 g/mol. The number of piperidine rings is 1. The van der Waals surface area contributed by atoms with Gasteiger partial charge in [-0.2, -0.15) is 0 Å². The summed E-state index contributed by atoms with van der Waals surface area (Å²) in [5.41, 5.74) is 0.477. The highest BCUT2D eigenvalue weighted by atomic mass is 16.7. The molecule has 1 aromatic carbocycles. The zero-order chi connectivity index (χ0) is 19.6. The van der Waals surface area contributed by atoms with Crippen molar-refractivity contribution < 1.29 is 19.4 Å². The van der Waals surface area contributed by atoms with E-state index in [2.05, 4.69) is 23.2 Å². The summed E-state index contributed by atoms with van der Waals surface area (Å²) in [6, 6.07) is 6.08. The molecule has 1 aliphatic carbocycles. The van der Waals surface area contributed by atoms with Crippen molar-refractivity contribution >= 4 is 5.91 Å². The number of nitrogens with one attached hydrogen (secondary N) is 1. The number of rotatable bonds is 6. The summed E-state index contributed by atoms with van der Waals surface area (Å²) in [4.78, 5) is 14.8. The molecule has 1 amide bonds. The Labute approximate surface area is 167 Å². The van der Waals surface area contributed by atoms with Gasteiger partial charge in [0.25, 0.3) is 0 Å². The Balaban J connectivity index is 1.58. The maximum atomic E-state index is 12.5. The molecule has 154 valence electrons. The number of hydrogen-bond donors (Lipinski definition) is 2. The molecule has 1 aromatic rings. The van der Waals surface area contributed by atoms with Gasteiger partial charge < -0.3 is 19.9 Å². The highest BCUT2D eigenvalue weighted by molar-refractivity contribution is 5.78. The number of likely N-dealkylation sites (tertiary alicyclic amines) is 1. The zero-order valence-electron chi connectivity index (χ0n) is 16.8. The molecule has 0 bridgehead atoms. The molecule has 3 atom stereocenters. The van der Waals surface area contributed by atoms with Gasteiger partial charge in [-0.05, 0) is 43.4 Å². The van der Waals surface area contributed by atoms with Crippen LogP contribution in [-0.2, 0) is 4.79 Å². The number of unbranched alkanes of at least 4 members (excludes halogenated alkanes) is 1. The minimum atomic E-state index is -0.630. The monoisotopic (exact) mass is 388 g/mol. The van der Waals surface area contributed by atoms with E-state index < -0.39 is 5.60 Å². The number of benzene rings is 1. The fourth-order valence-corrected chi connectivity index (χ4v) is 5.10. The molecule has 1 saturated carbocycles. The summed E-state index contributed by atoms with van der Waals surface area (Å²) < 4.78 is 11.1. The Morgan fingerprint density at radius 1 is 1.29 bits per heavy atom. The van der Waals surface area contributed by atoms with Crippen molar-refractivity contribution in [3.63, 3.8) is 0 Å². The molecular formula is C22H32N2O4. The van der Waals surface area contributed by atoms with Crippen molar-refractivity contribution in [3.8, 4) is 11.5 Å². The van der Waals surface area contributed by atoms with Crippen LogP contribution in [0.25, 0.3) is 0 Å². The molecule has 0 spiro atoms. The SMILES string of the molecule is CCCCNC(=O)CN1CC[C@@]2(O)CCCC[C@@H]2[C@@H]1c1ccc2c(c1)OCO2. The predicted molar refractivity (Wildman–Crippen MR) is 106 cm³/mol. The van der Waals surface area contributed by atoms with E-state index in [-0.39, 0.29) is 24.7 Å². The molecule has 1 saturated heterocycles. The maximum Gasteiger partial charge on any atom is 0.234 e. The summed E-state index contributed by atoms with van der Waals surface area (Å²) in [7, 11) is 0. The Morgan fingerprint density at radius 3 is 3.00 bits per heavy atom. The van der Waals surface area contributed by atoms with Crippen LogP contribution in [0.3, 0.4) is 0 Å². The van der Waals surface area contributed by atoms with E-state index in [0.29, 0.717) is 6.54 Å². The lowest BCUT2D eigenvalue weighted by Gasteiger charge is -2.52. The van der Waals surface area contributed by atoms with Crippen molar-refractivity contribution in [3.05, 3.63) is 23.8 Å². The lowest BCUT2D eigenvalue weighted by Crippen LogP contribution is -2.56. The Hall–Kier alpha value is -1.79. The number of hydrogen-bond acceptors (Lipinski definition) is 5. The number of fused-ring (bicyclic) bond motifs is 2. The highest BCUT2D eigenvalue weighted by Crippen LogP contribution is 2.50. The van der Waals surface area contributed by atoms with E-state index >= 15 is 0 Å². The van der Waals surface area contributed by atoms with Crippen molar-refractivity contribution in [1.29, 1.82) is 0 Å². The number of ether oxygens (including phenoxy) is 2. The van der Waals surface area contributed by atoms with Gasteiger partial charge in [-0.1, -0.05) is 32.3 Å².